The fourth-order valence-electron chi connectivity index (χ4n) is 3.67. The molecule has 0 amide bonds. The molecule has 0 saturated heterocycles. The van der Waals surface area contributed by atoms with Crippen LogP contribution in [0, 0.1) is 0 Å². The third-order valence-electron chi connectivity index (χ3n) is 5.19. The smallest absolute Gasteiger partial charge is 0.214 e. The Hall–Kier alpha value is -0.180. The van der Waals surface area contributed by atoms with Crippen LogP contribution < -0.4 is 9.44 Å². The quantitative estimate of drug-likeness (QED) is 0.538. The van der Waals surface area contributed by atoms with Gasteiger partial charge in [-0.05, 0) is 38.5 Å². The summed E-state index contributed by atoms with van der Waals surface area (Å²) in [6, 6.07) is 0. The summed E-state index contributed by atoms with van der Waals surface area (Å²) in [7, 11) is -6.26. The lowest BCUT2D eigenvalue weighted by Gasteiger charge is -2.13. The van der Waals surface area contributed by atoms with Crippen molar-refractivity contribution in [3.8, 4) is 0 Å². The molecule has 6 nitrogen and oxygen atoms in total. The number of nitrogens with one attached hydrogen (secondary N) is 2. The van der Waals surface area contributed by atoms with Crippen LogP contribution in [-0.2, 0) is 20.0 Å². The van der Waals surface area contributed by atoms with Crippen molar-refractivity contribution in [2.75, 3.05) is 13.1 Å². The van der Waals surface area contributed by atoms with E-state index in [-0.39, 0.29) is 10.5 Å². The summed E-state index contributed by atoms with van der Waals surface area (Å²) in [5, 5.41) is -0.384. The van der Waals surface area contributed by atoms with Crippen LogP contribution >= 0.6 is 0 Å². The second-order valence-electron chi connectivity index (χ2n) is 7.11. The lowest BCUT2D eigenvalue weighted by atomic mass is 10.2. The number of rotatable bonds is 11. The van der Waals surface area contributed by atoms with Gasteiger partial charge in [0.05, 0.1) is 10.5 Å². The van der Waals surface area contributed by atoms with Gasteiger partial charge in [0.25, 0.3) is 0 Å². The maximum Gasteiger partial charge on any atom is 0.214 e. The minimum Gasteiger partial charge on any atom is -0.215 e. The fraction of sp³-hybridized carbons (Fsp3) is 1.00. The Balaban J connectivity index is 1.49. The molecular weight excluding hydrogens is 348 g/mol. The predicted molar refractivity (Wildman–Crippen MR) is 96.8 cm³/mol. The predicted octanol–water partition coefficient (Wildman–Crippen LogP) is 2.27. The van der Waals surface area contributed by atoms with Crippen LogP contribution in [0.3, 0.4) is 0 Å². The van der Waals surface area contributed by atoms with Crippen molar-refractivity contribution < 1.29 is 16.8 Å². The highest BCUT2D eigenvalue weighted by Gasteiger charge is 2.28. The average molecular weight is 381 g/mol. The SMILES string of the molecule is O=S(=O)(NCCCCCCNS(=O)(=O)C1CCCC1)C1CCCC1. The standard InChI is InChI=1S/C16H32N2O4S2/c19-23(20,15-9-3-4-10-15)17-13-7-1-2-8-14-18-24(21,22)16-11-5-6-12-16/h15-18H,1-14H2. The minimum absolute atomic E-state index is 0.192. The molecule has 142 valence electrons. The zero-order chi connectivity index (χ0) is 17.5. The maximum absolute atomic E-state index is 12.0. The van der Waals surface area contributed by atoms with Gasteiger partial charge >= 0.3 is 0 Å². The first-order chi connectivity index (χ1) is 11.4. The largest absolute Gasteiger partial charge is 0.215 e. The summed E-state index contributed by atoms with van der Waals surface area (Å²) >= 11 is 0. The van der Waals surface area contributed by atoms with Crippen LogP contribution in [0.1, 0.15) is 77.0 Å². The highest BCUT2D eigenvalue weighted by atomic mass is 32.2. The zero-order valence-electron chi connectivity index (χ0n) is 14.5. The monoisotopic (exact) mass is 380 g/mol. The average Bonchev–Trinajstić information content (AvgIpc) is 3.23. The Morgan fingerprint density at radius 2 is 0.917 bits per heavy atom. The molecule has 0 atom stereocenters. The second kappa shape index (κ2) is 9.50. The van der Waals surface area contributed by atoms with Crippen molar-refractivity contribution in [2.24, 2.45) is 0 Å². The van der Waals surface area contributed by atoms with Crippen molar-refractivity contribution >= 4 is 20.0 Å². The number of hydrogen-bond donors (Lipinski definition) is 2. The molecule has 0 heterocycles. The molecule has 0 unspecified atom stereocenters. The fourth-order valence-corrected chi connectivity index (χ4v) is 6.90. The summed E-state index contributed by atoms with van der Waals surface area (Å²) in [4.78, 5) is 0. The Bertz CT molecular complexity index is 511. The van der Waals surface area contributed by atoms with Crippen LogP contribution in [0.2, 0.25) is 0 Å². The molecule has 2 saturated carbocycles. The van der Waals surface area contributed by atoms with Crippen molar-refractivity contribution in [3.63, 3.8) is 0 Å². The number of hydrogen-bond acceptors (Lipinski definition) is 4. The number of unbranched alkanes of at least 4 members (excludes halogenated alkanes) is 3. The third kappa shape index (κ3) is 6.28. The van der Waals surface area contributed by atoms with E-state index >= 15 is 0 Å². The summed E-state index contributed by atoms with van der Waals surface area (Å²) in [6.45, 7) is 0.985. The van der Waals surface area contributed by atoms with Crippen molar-refractivity contribution in [1.82, 2.24) is 9.44 Å². The van der Waals surface area contributed by atoms with E-state index in [2.05, 4.69) is 9.44 Å². The molecule has 2 aliphatic carbocycles. The summed E-state index contributed by atoms with van der Waals surface area (Å²) in [5.41, 5.74) is 0. The lowest BCUT2D eigenvalue weighted by Crippen LogP contribution is -2.33. The lowest BCUT2D eigenvalue weighted by molar-refractivity contribution is 0.548. The molecular formula is C16H32N2O4S2. The van der Waals surface area contributed by atoms with Gasteiger partial charge in [-0.25, -0.2) is 26.3 Å². The van der Waals surface area contributed by atoms with Crippen LogP contribution in [0.25, 0.3) is 0 Å². The van der Waals surface area contributed by atoms with Crippen LogP contribution in [0.15, 0.2) is 0 Å². The van der Waals surface area contributed by atoms with Gasteiger partial charge in [0.1, 0.15) is 0 Å². The second-order valence-corrected chi connectivity index (χ2v) is 11.2. The highest BCUT2D eigenvalue weighted by molar-refractivity contribution is 7.90. The van der Waals surface area contributed by atoms with Gasteiger partial charge < -0.3 is 0 Å². The molecule has 0 aromatic carbocycles. The normalized spacial score (nSPS) is 20.8. The molecule has 0 spiro atoms. The van der Waals surface area contributed by atoms with E-state index in [4.69, 9.17) is 0 Å². The third-order valence-corrected chi connectivity index (χ3v) is 9.10. The van der Waals surface area contributed by atoms with Crippen molar-refractivity contribution in [1.29, 1.82) is 0 Å². The molecule has 24 heavy (non-hydrogen) atoms. The van der Waals surface area contributed by atoms with Gasteiger partial charge in [-0.2, -0.15) is 0 Å². The Kier molecular flexibility index (Phi) is 7.97. The first-order valence-corrected chi connectivity index (χ1v) is 12.5. The molecule has 0 aromatic heterocycles. The molecule has 0 aliphatic heterocycles. The zero-order valence-corrected chi connectivity index (χ0v) is 16.1. The van der Waals surface area contributed by atoms with Gasteiger partial charge in [-0.15, -0.1) is 0 Å². The van der Waals surface area contributed by atoms with Gasteiger partial charge in [-0.1, -0.05) is 38.5 Å². The van der Waals surface area contributed by atoms with Gasteiger partial charge in [0.15, 0.2) is 0 Å². The van der Waals surface area contributed by atoms with Crippen LogP contribution in [0.4, 0.5) is 0 Å². The first kappa shape index (κ1) is 20.1. The van der Waals surface area contributed by atoms with Crippen LogP contribution in [0.5, 0.6) is 0 Å². The van der Waals surface area contributed by atoms with Crippen molar-refractivity contribution in [2.45, 2.75) is 87.5 Å². The summed E-state index contributed by atoms with van der Waals surface area (Å²) in [6.07, 6.45) is 10.7. The van der Waals surface area contributed by atoms with E-state index in [1.807, 2.05) is 0 Å². The molecule has 0 radical (unpaired) electrons. The van der Waals surface area contributed by atoms with E-state index in [1.165, 1.54) is 0 Å². The highest BCUT2D eigenvalue weighted by Crippen LogP contribution is 2.24. The van der Waals surface area contributed by atoms with Gasteiger partial charge in [-0.3, -0.25) is 0 Å². The molecule has 8 heteroatoms. The van der Waals surface area contributed by atoms with E-state index in [9.17, 15) is 16.8 Å². The maximum atomic E-state index is 12.0. The minimum atomic E-state index is -3.13. The first-order valence-electron chi connectivity index (χ1n) is 9.39. The Labute approximate surface area is 147 Å². The summed E-state index contributed by atoms with van der Waals surface area (Å²) < 4.78 is 53.5. The van der Waals surface area contributed by atoms with E-state index < -0.39 is 20.0 Å². The van der Waals surface area contributed by atoms with Crippen molar-refractivity contribution in [3.05, 3.63) is 0 Å². The Morgan fingerprint density at radius 3 is 1.25 bits per heavy atom. The molecule has 0 bridgehead atoms. The Morgan fingerprint density at radius 1 is 0.583 bits per heavy atom. The number of sulfonamides is 2. The van der Waals surface area contributed by atoms with E-state index in [0.717, 1.165) is 77.0 Å². The molecule has 0 aromatic rings. The molecule has 2 N–H and O–H groups in total. The van der Waals surface area contributed by atoms with E-state index in [0.29, 0.717) is 13.1 Å². The summed E-state index contributed by atoms with van der Waals surface area (Å²) in [5.74, 6) is 0. The molecule has 2 rings (SSSR count). The topological polar surface area (TPSA) is 92.3 Å². The van der Waals surface area contributed by atoms with Crippen LogP contribution in [-0.4, -0.2) is 40.4 Å². The molecule has 2 aliphatic rings. The van der Waals surface area contributed by atoms with Gasteiger partial charge in [0.2, 0.25) is 20.0 Å². The molecule has 2 fully saturated rings. The van der Waals surface area contributed by atoms with E-state index in [1.54, 1.807) is 0 Å². The van der Waals surface area contributed by atoms with Gasteiger partial charge in [0, 0.05) is 13.1 Å².